The van der Waals surface area contributed by atoms with Crippen LogP contribution in [0.15, 0.2) is 30.3 Å². The normalized spacial score (nSPS) is 11.0. The highest BCUT2D eigenvalue weighted by atomic mass is 16.1. The first-order valence-electron chi connectivity index (χ1n) is 5.37. The summed E-state index contributed by atoms with van der Waals surface area (Å²) in [7, 11) is 0. The largest absolute Gasteiger partial charge is 0.299 e. The van der Waals surface area contributed by atoms with Crippen molar-refractivity contribution in [1.29, 1.82) is 0 Å². The van der Waals surface area contributed by atoms with Crippen LogP contribution in [0.25, 0.3) is 0 Å². The maximum atomic E-state index is 11.1. The Bertz CT molecular complexity index is 306. The summed E-state index contributed by atoms with van der Waals surface area (Å²) in [5.74, 6) is 0.222. The van der Waals surface area contributed by atoms with E-state index >= 15 is 0 Å². The van der Waals surface area contributed by atoms with E-state index in [1.165, 1.54) is 5.56 Å². The van der Waals surface area contributed by atoms with Gasteiger partial charge in [-0.05, 0) is 26.3 Å². The summed E-state index contributed by atoms with van der Waals surface area (Å²) in [6.45, 7) is 7.25. The van der Waals surface area contributed by atoms with Crippen LogP contribution in [0, 0.1) is 0 Å². The van der Waals surface area contributed by atoms with Crippen LogP contribution < -0.4 is 0 Å². The zero-order valence-corrected chi connectivity index (χ0v) is 9.73. The highest BCUT2D eigenvalue weighted by molar-refractivity contribution is 5.77. The van der Waals surface area contributed by atoms with Gasteiger partial charge in [0.1, 0.15) is 5.78 Å². The van der Waals surface area contributed by atoms with Crippen molar-refractivity contribution in [1.82, 2.24) is 4.90 Å². The van der Waals surface area contributed by atoms with Crippen molar-refractivity contribution in [2.75, 3.05) is 6.54 Å². The van der Waals surface area contributed by atoms with Gasteiger partial charge in [-0.25, -0.2) is 0 Å². The molecular weight excluding hydrogens is 186 g/mol. The maximum Gasteiger partial charge on any atom is 0.143 e. The van der Waals surface area contributed by atoms with Gasteiger partial charge >= 0.3 is 0 Å². The molecule has 0 radical (unpaired) electrons. The number of carbonyl (C=O) groups excluding carboxylic acids is 1. The molecule has 15 heavy (non-hydrogen) atoms. The molecule has 82 valence electrons. The van der Waals surface area contributed by atoms with Crippen LogP contribution in [-0.4, -0.2) is 23.3 Å². The van der Waals surface area contributed by atoms with Crippen LogP contribution in [0.4, 0.5) is 0 Å². The number of rotatable bonds is 5. The number of Topliss-reactive ketones (excluding diaryl/α,β-unsaturated/α-hetero) is 1. The molecule has 0 aliphatic heterocycles. The standard InChI is InChI=1S/C13H19NO/c1-11(2)14(9-12(3)15)10-13-7-5-4-6-8-13/h4-8,11H,9-10H2,1-3H3. The molecule has 0 aliphatic rings. The lowest BCUT2D eigenvalue weighted by Crippen LogP contribution is -2.34. The average molecular weight is 205 g/mol. The van der Waals surface area contributed by atoms with E-state index in [-0.39, 0.29) is 5.78 Å². The lowest BCUT2D eigenvalue weighted by Gasteiger charge is -2.25. The highest BCUT2D eigenvalue weighted by Crippen LogP contribution is 2.07. The van der Waals surface area contributed by atoms with Crippen LogP contribution in [-0.2, 0) is 11.3 Å². The van der Waals surface area contributed by atoms with Crippen molar-refractivity contribution in [3.05, 3.63) is 35.9 Å². The minimum atomic E-state index is 0.222. The molecule has 2 nitrogen and oxygen atoms in total. The van der Waals surface area contributed by atoms with E-state index in [4.69, 9.17) is 0 Å². The summed E-state index contributed by atoms with van der Waals surface area (Å²) < 4.78 is 0. The fourth-order valence-electron chi connectivity index (χ4n) is 1.52. The molecule has 0 unspecified atom stereocenters. The fraction of sp³-hybridized carbons (Fsp3) is 0.462. The van der Waals surface area contributed by atoms with Crippen molar-refractivity contribution < 1.29 is 4.79 Å². The highest BCUT2D eigenvalue weighted by Gasteiger charge is 2.11. The second-order valence-corrected chi connectivity index (χ2v) is 4.19. The number of hydrogen-bond donors (Lipinski definition) is 0. The first-order valence-corrected chi connectivity index (χ1v) is 5.37. The van der Waals surface area contributed by atoms with E-state index in [9.17, 15) is 4.79 Å². The van der Waals surface area contributed by atoms with Crippen molar-refractivity contribution in [3.8, 4) is 0 Å². The predicted octanol–water partition coefficient (Wildman–Crippen LogP) is 2.49. The summed E-state index contributed by atoms with van der Waals surface area (Å²) in [4.78, 5) is 13.3. The third-order valence-corrected chi connectivity index (χ3v) is 2.38. The van der Waals surface area contributed by atoms with Crippen LogP contribution in [0.2, 0.25) is 0 Å². The van der Waals surface area contributed by atoms with Crippen molar-refractivity contribution in [2.24, 2.45) is 0 Å². The molecule has 0 saturated heterocycles. The molecule has 0 aliphatic carbocycles. The van der Waals surface area contributed by atoms with Gasteiger partial charge in [0.25, 0.3) is 0 Å². The van der Waals surface area contributed by atoms with Gasteiger partial charge in [-0.3, -0.25) is 9.69 Å². The Morgan fingerprint density at radius 2 is 1.87 bits per heavy atom. The second kappa shape index (κ2) is 5.66. The summed E-state index contributed by atoms with van der Waals surface area (Å²) in [5.41, 5.74) is 1.26. The molecule has 0 aromatic heterocycles. The molecule has 0 fully saturated rings. The third kappa shape index (κ3) is 4.26. The van der Waals surface area contributed by atoms with E-state index in [1.54, 1.807) is 6.92 Å². The molecule has 0 spiro atoms. The van der Waals surface area contributed by atoms with Crippen LogP contribution >= 0.6 is 0 Å². The zero-order valence-electron chi connectivity index (χ0n) is 9.73. The maximum absolute atomic E-state index is 11.1. The topological polar surface area (TPSA) is 20.3 Å². The number of benzene rings is 1. The third-order valence-electron chi connectivity index (χ3n) is 2.38. The Hall–Kier alpha value is -1.15. The minimum absolute atomic E-state index is 0.222. The molecule has 0 N–H and O–H groups in total. The quantitative estimate of drug-likeness (QED) is 0.736. The Kier molecular flexibility index (Phi) is 4.50. The van der Waals surface area contributed by atoms with Gasteiger partial charge in [0.05, 0.1) is 6.54 Å². The molecule has 1 rings (SSSR count). The Morgan fingerprint density at radius 1 is 1.27 bits per heavy atom. The van der Waals surface area contributed by atoms with Crippen molar-refractivity contribution in [3.63, 3.8) is 0 Å². The summed E-state index contributed by atoms with van der Waals surface area (Å²) in [6, 6.07) is 10.6. The van der Waals surface area contributed by atoms with E-state index < -0.39 is 0 Å². The number of carbonyl (C=O) groups is 1. The van der Waals surface area contributed by atoms with E-state index in [0.717, 1.165) is 6.54 Å². The Labute approximate surface area is 91.9 Å². The van der Waals surface area contributed by atoms with Crippen LogP contribution in [0.3, 0.4) is 0 Å². The number of hydrogen-bond acceptors (Lipinski definition) is 2. The summed E-state index contributed by atoms with van der Waals surface area (Å²) in [6.07, 6.45) is 0. The summed E-state index contributed by atoms with van der Waals surface area (Å²) >= 11 is 0. The summed E-state index contributed by atoms with van der Waals surface area (Å²) in [5, 5.41) is 0. The van der Waals surface area contributed by atoms with E-state index in [0.29, 0.717) is 12.6 Å². The molecule has 0 amide bonds. The van der Waals surface area contributed by atoms with Crippen LogP contribution in [0.5, 0.6) is 0 Å². The first-order chi connectivity index (χ1) is 7.09. The second-order valence-electron chi connectivity index (χ2n) is 4.19. The van der Waals surface area contributed by atoms with E-state index in [1.807, 2.05) is 18.2 Å². The molecular formula is C13H19NO. The monoisotopic (exact) mass is 205 g/mol. The average Bonchev–Trinajstić information content (AvgIpc) is 2.17. The van der Waals surface area contributed by atoms with Crippen molar-refractivity contribution >= 4 is 5.78 Å². The smallest absolute Gasteiger partial charge is 0.143 e. The molecule has 0 bridgehead atoms. The molecule has 1 aromatic rings. The molecule has 0 saturated carbocycles. The lowest BCUT2D eigenvalue weighted by molar-refractivity contribution is -0.118. The van der Waals surface area contributed by atoms with Gasteiger partial charge in [0, 0.05) is 12.6 Å². The van der Waals surface area contributed by atoms with Gasteiger partial charge < -0.3 is 0 Å². The van der Waals surface area contributed by atoms with Gasteiger partial charge in [-0.1, -0.05) is 30.3 Å². The molecule has 2 heteroatoms. The molecule has 0 heterocycles. The van der Waals surface area contributed by atoms with Gasteiger partial charge in [0.2, 0.25) is 0 Å². The number of nitrogens with zero attached hydrogens (tertiary/aromatic N) is 1. The number of ketones is 1. The van der Waals surface area contributed by atoms with Gasteiger partial charge in [-0.2, -0.15) is 0 Å². The Balaban J connectivity index is 2.63. The van der Waals surface area contributed by atoms with Crippen molar-refractivity contribution in [2.45, 2.75) is 33.4 Å². The molecule has 0 atom stereocenters. The SMILES string of the molecule is CC(=O)CN(Cc1ccccc1)C(C)C. The predicted molar refractivity (Wildman–Crippen MR) is 62.7 cm³/mol. The van der Waals surface area contributed by atoms with E-state index in [2.05, 4.69) is 30.9 Å². The van der Waals surface area contributed by atoms with Gasteiger partial charge in [-0.15, -0.1) is 0 Å². The minimum Gasteiger partial charge on any atom is -0.299 e. The lowest BCUT2D eigenvalue weighted by atomic mass is 10.2. The van der Waals surface area contributed by atoms with Gasteiger partial charge in [0.15, 0.2) is 0 Å². The first kappa shape index (κ1) is 11.9. The fourth-order valence-corrected chi connectivity index (χ4v) is 1.52. The molecule has 1 aromatic carbocycles. The zero-order chi connectivity index (χ0) is 11.3. The van der Waals surface area contributed by atoms with Crippen LogP contribution in [0.1, 0.15) is 26.3 Å². The Morgan fingerprint density at radius 3 is 2.33 bits per heavy atom.